The number of carboxylic acid groups (broad SMARTS) is 1. The molecular weight excluding hydrogens is 277 g/mol. The minimum absolute atomic E-state index is 0.325. The fraction of sp³-hybridized carbons (Fsp3) is 0.556. The van der Waals surface area contributed by atoms with Gasteiger partial charge in [0.15, 0.2) is 5.84 Å². The SMILES string of the molecule is C=C[P+]1(O)ON=C(C)N1CCSCC(N)C(=O)O. The standard InChI is InChI=1S/C9H16N3O4PS/c1-3-17(15)12(7(2)11-16-17)4-5-18-6-8(10)9(13)14/h3,8,15H,1,4-6,10H2,2H3/p+1. The Labute approximate surface area is 110 Å². The molecule has 0 spiro atoms. The Morgan fingerprint density at radius 3 is 3.06 bits per heavy atom. The topological polar surface area (TPSA) is 108 Å². The normalized spacial score (nSPS) is 24.4. The zero-order valence-corrected chi connectivity index (χ0v) is 11.7. The van der Waals surface area contributed by atoms with Crippen LogP contribution in [0.5, 0.6) is 0 Å². The lowest BCUT2D eigenvalue weighted by atomic mass is 10.4. The minimum atomic E-state index is -2.82. The highest BCUT2D eigenvalue weighted by Gasteiger charge is 2.51. The van der Waals surface area contributed by atoms with Gasteiger partial charge in [0.05, 0.1) is 6.54 Å². The molecule has 0 bridgehead atoms. The molecule has 1 rings (SSSR count). The summed E-state index contributed by atoms with van der Waals surface area (Å²) >= 11 is 1.40. The van der Waals surface area contributed by atoms with E-state index in [1.807, 2.05) is 0 Å². The molecule has 9 heteroatoms. The molecule has 2 atom stereocenters. The molecule has 0 fully saturated rings. The second-order valence-corrected chi connectivity index (χ2v) is 6.97. The van der Waals surface area contributed by atoms with Crippen molar-refractivity contribution in [3.05, 3.63) is 12.4 Å². The maximum absolute atomic E-state index is 10.5. The number of oxime groups is 1. The van der Waals surface area contributed by atoms with E-state index >= 15 is 0 Å². The van der Waals surface area contributed by atoms with Crippen LogP contribution in [0.1, 0.15) is 6.92 Å². The van der Waals surface area contributed by atoms with E-state index in [0.717, 1.165) is 0 Å². The first-order valence-corrected chi connectivity index (χ1v) is 8.07. The highest BCUT2D eigenvalue weighted by Crippen LogP contribution is 2.63. The number of hydrogen-bond acceptors (Lipinski definition) is 7. The van der Waals surface area contributed by atoms with E-state index in [2.05, 4.69) is 11.7 Å². The number of carbonyl (C=O) groups is 1. The summed E-state index contributed by atoms with van der Waals surface area (Å²) in [6, 6.07) is -0.868. The molecule has 1 aliphatic rings. The minimum Gasteiger partial charge on any atom is -0.480 e. The van der Waals surface area contributed by atoms with E-state index in [-0.39, 0.29) is 0 Å². The van der Waals surface area contributed by atoms with Crippen molar-refractivity contribution in [3.63, 3.8) is 0 Å². The van der Waals surface area contributed by atoms with E-state index in [1.165, 1.54) is 17.6 Å². The zero-order valence-electron chi connectivity index (χ0n) is 10.0. The number of nitrogens with two attached hydrogens (primary N) is 1. The van der Waals surface area contributed by atoms with Gasteiger partial charge >= 0.3 is 13.8 Å². The molecule has 0 saturated carbocycles. The van der Waals surface area contributed by atoms with Crippen LogP contribution >= 0.6 is 19.6 Å². The number of carboxylic acids is 1. The first-order chi connectivity index (χ1) is 8.40. The van der Waals surface area contributed by atoms with Gasteiger partial charge in [0.25, 0.3) is 0 Å². The largest absolute Gasteiger partial charge is 0.480 e. The van der Waals surface area contributed by atoms with E-state index in [4.69, 9.17) is 15.5 Å². The van der Waals surface area contributed by atoms with Crippen molar-refractivity contribution in [3.8, 4) is 0 Å². The molecule has 0 amide bonds. The van der Waals surface area contributed by atoms with Crippen molar-refractivity contribution in [2.24, 2.45) is 10.9 Å². The average Bonchev–Trinajstić information content (AvgIpc) is 2.62. The number of aliphatic carboxylic acids is 1. The summed E-state index contributed by atoms with van der Waals surface area (Å²) in [5, 5.41) is 12.3. The van der Waals surface area contributed by atoms with E-state index in [9.17, 15) is 9.69 Å². The summed E-state index contributed by atoms with van der Waals surface area (Å²) in [6.07, 6.45) is 0. The van der Waals surface area contributed by atoms with Crippen molar-refractivity contribution >= 4 is 31.4 Å². The van der Waals surface area contributed by atoms with Crippen LogP contribution in [0.3, 0.4) is 0 Å². The van der Waals surface area contributed by atoms with Crippen LogP contribution in [-0.2, 0) is 9.42 Å². The molecular formula is C9H17N3O4PS+. The lowest BCUT2D eigenvalue weighted by Gasteiger charge is -2.18. The summed E-state index contributed by atoms with van der Waals surface area (Å²) in [6.45, 7) is 5.77. The van der Waals surface area contributed by atoms with Gasteiger partial charge in [-0.3, -0.25) is 4.79 Å². The Bertz CT molecular complexity index is 368. The Morgan fingerprint density at radius 1 is 1.83 bits per heavy atom. The summed E-state index contributed by atoms with van der Waals surface area (Å²) in [5.74, 6) is 1.88. The van der Waals surface area contributed by atoms with Crippen molar-refractivity contribution in [1.29, 1.82) is 0 Å². The molecule has 0 aliphatic carbocycles. The quantitative estimate of drug-likeness (QED) is 0.468. The summed E-state index contributed by atoms with van der Waals surface area (Å²) in [7, 11) is -2.82. The number of hydrogen-bond donors (Lipinski definition) is 3. The van der Waals surface area contributed by atoms with Crippen LogP contribution in [0.2, 0.25) is 0 Å². The van der Waals surface area contributed by atoms with Crippen molar-refractivity contribution in [2.45, 2.75) is 13.0 Å². The smallest absolute Gasteiger partial charge is 0.478 e. The van der Waals surface area contributed by atoms with Gasteiger partial charge in [0.1, 0.15) is 11.9 Å². The third-order valence-electron chi connectivity index (χ3n) is 2.31. The second-order valence-electron chi connectivity index (χ2n) is 3.63. The first kappa shape index (κ1) is 15.2. The van der Waals surface area contributed by atoms with Crippen LogP contribution < -0.4 is 5.73 Å². The van der Waals surface area contributed by atoms with Crippen LogP contribution in [0, 0.1) is 0 Å². The average molecular weight is 294 g/mol. The Kier molecular flexibility index (Phi) is 5.40. The van der Waals surface area contributed by atoms with Gasteiger partial charge in [0.2, 0.25) is 0 Å². The molecule has 1 heterocycles. The van der Waals surface area contributed by atoms with E-state index in [1.54, 1.807) is 11.6 Å². The Morgan fingerprint density at radius 2 is 2.50 bits per heavy atom. The van der Waals surface area contributed by atoms with Gasteiger partial charge < -0.3 is 10.8 Å². The van der Waals surface area contributed by atoms with Crippen molar-refractivity contribution < 1.29 is 19.4 Å². The van der Waals surface area contributed by atoms with Gasteiger partial charge in [0, 0.05) is 18.4 Å². The zero-order chi connectivity index (χ0) is 13.8. The maximum Gasteiger partial charge on any atom is 0.478 e. The van der Waals surface area contributed by atoms with Gasteiger partial charge in [-0.2, -0.15) is 26.0 Å². The molecule has 7 nitrogen and oxygen atoms in total. The van der Waals surface area contributed by atoms with Gasteiger partial charge in [-0.15, -0.1) is 0 Å². The number of thioether (sulfide) groups is 1. The Hall–Kier alpha value is -0.820. The lowest BCUT2D eigenvalue weighted by Crippen LogP contribution is -2.33. The third-order valence-corrected chi connectivity index (χ3v) is 5.36. The maximum atomic E-state index is 10.5. The molecule has 102 valence electrons. The van der Waals surface area contributed by atoms with Gasteiger partial charge in [-0.25, -0.2) is 0 Å². The second kappa shape index (κ2) is 6.38. The molecule has 1 aliphatic heterocycles. The number of nitrogens with zero attached hydrogens (tertiary/aromatic N) is 2. The number of rotatable bonds is 7. The fourth-order valence-electron chi connectivity index (χ4n) is 1.29. The lowest BCUT2D eigenvalue weighted by molar-refractivity contribution is -0.137. The monoisotopic (exact) mass is 294 g/mol. The molecule has 18 heavy (non-hydrogen) atoms. The van der Waals surface area contributed by atoms with Gasteiger partial charge in [-0.05, 0) is 5.16 Å². The Balaban J connectivity index is 2.36. The predicted molar refractivity (Wildman–Crippen MR) is 73.2 cm³/mol. The molecule has 4 N–H and O–H groups in total. The fourth-order valence-corrected chi connectivity index (χ4v) is 3.73. The van der Waals surface area contributed by atoms with Crippen LogP contribution in [-0.4, -0.2) is 50.6 Å². The first-order valence-electron chi connectivity index (χ1n) is 5.23. The van der Waals surface area contributed by atoms with Gasteiger partial charge in [-0.1, -0.05) is 6.58 Å². The molecule has 2 unspecified atom stereocenters. The summed E-state index contributed by atoms with van der Waals surface area (Å²) < 4.78 is 6.62. The highest BCUT2D eigenvalue weighted by molar-refractivity contribution is 7.99. The molecule has 0 saturated heterocycles. The summed E-state index contributed by atoms with van der Waals surface area (Å²) in [5.41, 5.74) is 5.38. The summed E-state index contributed by atoms with van der Waals surface area (Å²) in [4.78, 5) is 20.6. The van der Waals surface area contributed by atoms with E-state index < -0.39 is 19.9 Å². The van der Waals surface area contributed by atoms with E-state index in [0.29, 0.717) is 23.9 Å². The molecule has 0 radical (unpaired) electrons. The molecule has 0 aromatic rings. The highest BCUT2D eigenvalue weighted by atomic mass is 32.2. The predicted octanol–water partition coefficient (Wildman–Crippen LogP) is 0.695. The van der Waals surface area contributed by atoms with Crippen molar-refractivity contribution in [2.75, 3.05) is 18.1 Å². The number of amidine groups is 1. The van der Waals surface area contributed by atoms with Crippen LogP contribution in [0.4, 0.5) is 0 Å². The van der Waals surface area contributed by atoms with Crippen molar-refractivity contribution in [1.82, 2.24) is 4.67 Å². The third kappa shape index (κ3) is 3.58. The van der Waals surface area contributed by atoms with Crippen LogP contribution in [0.15, 0.2) is 17.6 Å². The molecule has 0 aromatic carbocycles. The van der Waals surface area contributed by atoms with Crippen LogP contribution in [0.25, 0.3) is 0 Å². The molecule has 0 aromatic heterocycles.